The van der Waals surface area contributed by atoms with E-state index in [9.17, 15) is 18.0 Å². The molecule has 1 aromatic rings. The zero-order valence-corrected chi connectivity index (χ0v) is 13.1. The fraction of sp³-hybridized carbons (Fsp3) is 0.667. The van der Waals surface area contributed by atoms with E-state index in [1.54, 1.807) is 6.20 Å². The molecule has 6 heteroatoms. The molecule has 116 valence electrons. The first kappa shape index (κ1) is 16.2. The highest BCUT2D eigenvalue weighted by Crippen LogP contribution is 2.52. The van der Waals surface area contributed by atoms with E-state index in [2.05, 4.69) is 27.7 Å². The lowest BCUT2D eigenvalue weighted by Gasteiger charge is -2.35. The van der Waals surface area contributed by atoms with Gasteiger partial charge in [0.05, 0.1) is 0 Å². The molecule has 1 fully saturated rings. The number of hydrogen-bond acceptors (Lipinski definition) is 1. The van der Waals surface area contributed by atoms with Gasteiger partial charge in [-0.1, -0.05) is 45.8 Å². The van der Waals surface area contributed by atoms with Crippen LogP contribution in [0.2, 0.25) is 12.6 Å². The maximum Gasteiger partial charge on any atom is 0.421 e. The van der Waals surface area contributed by atoms with Gasteiger partial charge >= 0.3 is 6.18 Å². The van der Waals surface area contributed by atoms with Crippen LogP contribution in [0.25, 0.3) is 0 Å². The van der Waals surface area contributed by atoms with E-state index >= 15 is 0 Å². The number of halogens is 3. The maximum absolute atomic E-state index is 13.0. The molecule has 0 spiro atoms. The Morgan fingerprint density at radius 2 is 1.62 bits per heavy atom. The molecule has 0 atom stereocenters. The fourth-order valence-corrected chi connectivity index (χ4v) is 3.26. The topological polar surface area (TPSA) is 22.0 Å². The van der Waals surface area contributed by atoms with Crippen LogP contribution in [0.5, 0.6) is 0 Å². The fourth-order valence-electron chi connectivity index (χ4n) is 3.26. The van der Waals surface area contributed by atoms with Crippen LogP contribution in [0.15, 0.2) is 17.1 Å². The van der Waals surface area contributed by atoms with Crippen LogP contribution in [0.3, 0.4) is 0 Å². The van der Waals surface area contributed by atoms with Gasteiger partial charge in [0.25, 0.3) is 5.56 Å². The lowest BCUT2D eigenvalue weighted by atomic mass is 9.42. The summed E-state index contributed by atoms with van der Waals surface area (Å²) in [6, 6.07) is 1.05. The third kappa shape index (κ3) is 2.77. The first-order valence-electron chi connectivity index (χ1n) is 7.13. The van der Waals surface area contributed by atoms with Crippen molar-refractivity contribution in [3.8, 4) is 0 Å². The highest BCUT2D eigenvalue weighted by molar-refractivity contribution is 6.74. The second-order valence-electron chi connectivity index (χ2n) is 7.47. The van der Waals surface area contributed by atoms with Crippen molar-refractivity contribution in [1.82, 2.24) is 4.57 Å². The monoisotopic (exact) mass is 299 g/mol. The van der Waals surface area contributed by atoms with Gasteiger partial charge in [0.15, 0.2) is 6.71 Å². The van der Waals surface area contributed by atoms with Gasteiger partial charge < -0.3 is 4.57 Å². The zero-order valence-electron chi connectivity index (χ0n) is 13.1. The standard InChI is InChI=1S/C15H21BF3NO/c1-13(2)8-16(9-14(13,3)4)10-6-11(15(17,18)19)12(21)20(5)7-10/h6-7H,8-9H2,1-5H3. The number of rotatable bonds is 1. The number of alkyl halides is 3. The first-order chi connectivity index (χ1) is 9.35. The highest BCUT2D eigenvalue weighted by Gasteiger charge is 2.48. The third-order valence-electron chi connectivity index (χ3n) is 5.33. The van der Waals surface area contributed by atoms with Gasteiger partial charge in [-0.25, -0.2) is 0 Å². The number of hydrogen-bond donors (Lipinski definition) is 0. The number of nitrogens with zero attached hydrogens (tertiary/aromatic N) is 1. The molecule has 1 aromatic heterocycles. The molecular formula is C15H21BF3NO. The van der Waals surface area contributed by atoms with Crippen molar-refractivity contribution in [1.29, 1.82) is 0 Å². The van der Waals surface area contributed by atoms with Crippen molar-refractivity contribution >= 4 is 12.2 Å². The van der Waals surface area contributed by atoms with Crippen molar-refractivity contribution in [3.05, 3.63) is 28.2 Å². The Balaban J connectivity index is 2.48. The summed E-state index contributed by atoms with van der Waals surface area (Å²) in [5.74, 6) is 0. The predicted octanol–water partition coefficient (Wildman–Crippen LogP) is 3.17. The molecule has 2 heterocycles. The van der Waals surface area contributed by atoms with Gasteiger partial charge in [0.2, 0.25) is 0 Å². The van der Waals surface area contributed by atoms with Crippen LogP contribution in [0, 0.1) is 10.8 Å². The molecule has 1 saturated heterocycles. The van der Waals surface area contributed by atoms with Crippen LogP contribution in [-0.2, 0) is 13.2 Å². The maximum atomic E-state index is 13.0. The van der Waals surface area contributed by atoms with Crippen LogP contribution in [0.1, 0.15) is 33.3 Å². The van der Waals surface area contributed by atoms with E-state index in [0.717, 1.165) is 23.3 Å². The van der Waals surface area contributed by atoms with E-state index in [1.165, 1.54) is 7.05 Å². The molecule has 0 bridgehead atoms. The summed E-state index contributed by atoms with van der Waals surface area (Å²) in [4.78, 5) is 11.7. The summed E-state index contributed by atoms with van der Waals surface area (Å²) >= 11 is 0. The minimum atomic E-state index is -4.60. The van der Waals surface area contributed by atoms with E-state index < -0.39 is 17.3 Å². The summed E-state index contributed by atoms with van der Waals surface area (Å²) in [6.07, 6.45) is -1.39. The smallest absolute Gasteiger partial charge is 0.319 e. The Morgan fingerprint density at radius 3 is 2.05 bits per heavy atom. The Bertz CT molecular complexity index is 600. The molecule has 0 unspecified atom stereocenters. The quantitative estimate of drug-likeness (QED) is 0.730. The van der Waals surface area contributed by atoms with E-state index in [1.807, 2.05) is 0 Å². The normalized spacial score (nSPS) is 20.9. The lowest BCUT2D eigenvalue weighted by molar-refractivity contribution is -0.138. The van der Waals surface area contributed by atoms with Gasteiger partial charge in [-0.3, -0.25) is 4.79 Å². The highest BCUT2D eigenvalue weighted by atomic mass is 19.4. The molecule has 1 aliphatic rings. The van der Waals surface area contributed by atoms with E-state index in [0.29, 0.717) is 5.46 Å². The number of aromatic nitrogens is 1. The van der Waals surface area contributed by atoms with Crippen molar-refractivity contribution < 1.29 is 13.2 Å². The molecule has 0 aliphatic carbocycles. The summed E-state index contributed by atoms with van der Waals surface area (Å²) in [5.41, 5.74) is -1.31. The summed E-state index contributed by atoms with van der Waals surface area (Å²) < 4.78 is 40.0. The average Bonchev–Trinajstić information content (AvgIpc) is 2.50. The number of aryl methyl sites for hydroxylation is 1. The number of pyridine rings is 1. The Morgan fingerprint density at radius 1 is 1.14 bits per heavy atom. The minimum Gasteiger partial charge on any atom is -0.319 e. The van der Waals surface area contributed by atoms with Crippen LogP contribution >= 0.6 is 0 Å². The van der Waals surface area contributed by atoms with Crippen molar-refractivity contribution in [2.45, 2.75) is 46.5 Å². The Hall–Kier alpha value is -1.20. The molecule has 0 N–H and O–H groups in total. The molecule has 1 aliphatic heterocycles. The second kappa shape index (κ2) is 4.65. The van der Waals surface area contributed by atoms with Gasteiger partial charge in [-0.15, -0.1) is 0 Å². The van der Waals surface area contributed by atoms with Gasteiger partial charge in [0, 0.05) is 13.2 Å². The summed E-state index contributed by atoms with van der Waals surface area (Å²) in [6.45, 7) is 8.67. The largest absolute Gasteiger partial charge is 0.421 e. The van der Waals surface area contributed by atoms with Crippen molar-refractivity contribution in [3.63, 3.8) is 0 Å². The minimum absolute atomic E-state index is 0.0582. The van der Waals surface area contributed by atoms with Crippen molar-refractivity contribution in [2.75, 3.05) is 0 Å². The molecule has 0 radical (unpaired) electrons. The van der Waals surface area contributed by atoms with E-state index in [-0.39, 0.29) is 17.5 Å². The molecule has 2 nitrogen and oxygen atoms in total. The first-order valence-corrected chi connectivity index (χ1v) is 7.13. The second-order valence-corrected chi connectivity index (χ2v) is 7.47. The zero-order chi connectivity index (χ0) is 16.2. The van der Waals surface area contributed by atoms with Crippen LogP contribution < -0.4 is 11.0 Å². The molecule has 0 aromatic carbocycles. The summed E-state index contributed by atoms with van der Waals surface area (Å²) in [7, 11) is 1.38. The lowest BCUT2D eigenvalue weighted by Crippen LogP contribution is -2.37. The van der Waals surface area contributed by atoms with E-state index in [4.69, 9.17) is 0 Å². The SMILES string of the molecule is Cn1cc(B2CC(C)(C)C(C)(C)C2)cc(C(F)(F)F)c1=O. The molecule has 2 rings (SSSR count). The van der Waals surface area contributed by atoms with Gasteiger partial charge in [0.1, 0.15) is 5.56 Å². The molecule has 0 saturated carbocycles. The van der Waals surface area contributed by atoms with Gasteiger partial charge in [-0.2, -0.15) is 13.2 Å². The van der Waals surface area contributed by atoms with Gasteiger partial charge in [-0.05, 0) is 16.9 Å². The Kier molecular flexibility index (Phi) is 3.58. The molecular weight excluding hydrogens is 278 g/mol. The van der Waals surface area contributed by atoms with Crippen molar-refractivity contribution in [2.24, 2.45) is 17.9 Å². The molecule has 21 heavy (non-hydrogen) atoms. The molecule has 0 amide bonds. The third-order valence-corrected chi connectivity index (χ3v) is 5.33. The van der Waals surface area contributed by atoms with Crippen LogP contribution in [-0.4, -0.2) is 11.3 Å². The Labute approximate surface area is 123 Å². The average molecular weight is 299 g/mol. The summed E-state index contributed by atoms with van der Waals surface area (Å²) in [5, 5.41) is 0. The van der Waals surface area contributed by atoms with Crippen LogP contribution in [0.4, 0.5) is 13.2 Å². The predicted molar refractivity (Wildman–Crippen MR) is 79.2 cm³/mol.